The average molecular weight is 1270 g/mol. The van der Waals surface area contributed by atoms with E-state index in [-0.39, 0.29) is 21.7 Å². The van der Waals surface area contributed by atoms with Crippen molar-refractivity contribution in [1.82, 2.24) is 29.9 Å². The number of aromatic nitrogens is 6. The van der Waals surface area contributed by atoms with Crippen LogP contribution in [-0.4, -0.2) is 29.9 Å². The van der Waals surface area contributed by atoms with Crippen LogP contribution in [0.2, 0.25) is 0 Å². The van der Waals surface area contributed by atoms with E-state index >= 15 is 0 Å². The topological polar surface area (TPSA) is 77.3 Å². The summed E-state index contributed by atoms with van der Waals surface area (Å²) in [7, 11) is 0. The quantitative estimate of drug-likeness (QED) is 0.0629. The van der Waals surface area contributed by atoms with Crippen LogP contribution in [-0.2, 0) is 47.3 Å². The van der Waals surface area contributed by atoms with Crippen LogP contribution >= 0.6 is 31.9 Å². The van der Waals surface area contributed by atoms with Gasteiger partial charge in [-0.2, -0.15) is 0 Å². The van der Waals surface area contributed by atoms with Gasteiger partial charge in [-0.15, -0.1) is 0 Å². The number of hydrogen-bond donors (Lipinski definition) is 0. The maximum atomic E-state index is 5.04. The molecule has 8 heteroatoms. The Morgan fingerprint density at radius 3 is 0.640 bits per heavy atom. The molecule has 0 fully saturated rings. The van der Waals surface area contributed by atoms with Crippen molar-refractivity contribution >= 4 is 31.9 Å². The first-order chi connectivity index (χ1) is 40.9. The minimum Gasteiger partial charge on any atom is -0.208 e. The summed E-state index contributed by atoms with van der Waals surface area (Å²) >= 11 is 7.89. The number of benzene rings is 7. The molecule has 0 amide bonds. The molecule has 0 bridgehead atoms. The van der Waals surface area contributed by atoms with Gasteiger partial charge in [-0.05, 0) is 130 Å². The Kier molecular flexibility index (Phi) is 20.9. The normalized spacial score (nSPS) is 12.3. The van der Waals surface area contributed by atoms with E-state index in [0.717, 1.165) is 59.1 Å². The van der Waals surface area contributed by atoms with Gasteiger partial charge < -0.3 is 0 Å². The molecule has 0 atom stereocenters. The van der Waals surface area contributed by atoms with Gasteiger partial charge in [-0.1, -0.05) is 299 Å². The first-order valence-electron chi connectivity index (χ1n) is 31.6. The number of nitrogens with zero attached hydrogens (tertiary/aromatic N) is 6. The van der Waals surface area contributed by atoms with E-state index in [1.165, 1.54) is 118 Å². The maximum Gasteiger partial charge on any atom is 0.164 e. The van der Waals surface area contributed by atoms with Crippen molar-refractivity contribution in [3.8, 4) is 68.3 Å². The molecule has 2 aromatic heterocycles. The second kappa shape index (κ2) is 28.1. The van der Waals surface area contributed by atoms with Crippen molar-refractivity contribution in [1.29, 1.82) is 0 Å². The fourth-order valence-electron chi connectivity index (χ4n) is 11.0. The average Bonchev–Trinajstić information content (AvgIpc) is 3.32. The molecule has 2 heterocycles. The van der Waals surface area contributed by atoms with Crippen LogP contribution in [0.15, 0.2) is 167 Å². The molecule has 0 N–H and O–H groups in total. The smallest absolute Gasteiger partial charge is 0.164 e. The van der Waals surface area contributed by atoms with E-state index in [2.05, 4.69) is 273 Å². The van der Waals surface area contributed by atoms with Crippen molar-refractivity contribution < 1.29 is 0 Å². The summed E-state index contributed by atoms with van der Waals surface area (Å²) in [4.78, 5) is 30.2. The summed E-state index contributed by atoms with van der Waals surface area (Å²) in [6.07, 6.45) is 16.5. The number of unbranched alkanes of at least 4 members (excludes halogenated alkanes) is 8. The van der Waals surface area contributed by atoms with E-state index in [1.807, 2.05) is 0 Å². The SMILES string of the molecule is CC(C)(C)c1ccc(-c2nc(-c3ccc(CCCCCCCc4cc(Br)c(CCCCCCCc5ccc(-c6nc(-c7ccc(C(C)(C)C)cc7)nc(-c7ccc(C(C)(C)C)cc7)n6)cc5)cc4Br)cc3)nc(-c3ccc(C(C)(C)C)cc3)n2)cc1. The highest BCUT2D eigenvalue weighted by Crippen LogP contribution is 2.34. The molecule has 0 saturated heterocycles. The Balaban J connectivity index is 0.697. The first kappa shape index (κ1) is 64.0. The van der Waals surface area contributed by atoms with E-state index in [0.29, 0.717) is 34.9 Å². The van der Waals surface area contributed by atoms with Crippen LogP contribution < -0.4 is 0 Å². The Bertz CT molecular complexity index is 3260. The lowest BCUT2D eigenvalue weighted by Gasteiger charge is -2.19. The summed E-state index contributed by atoms with van der Waals surface area (Å²) in [5.74, 6) is 4.16. The standard InChI is InChI=1S/C78H90Br2N6/c1-75(2,3)63-43-35-57(36-44-63)71-81-69(82-72(85-71)58-37-45-64(46-38-58)76(4,5)6)55-31-27-53(28-32-55)23-19-15-13-17-21-25-61-51-68(80)62(52-67(61)79)26-22-18-14-16-20-24-54-29-33-56(34-30-54)70-83-73(59-39-47-65(48-40-59)77(7,8)9)86-74(84-70)60-41-49-66(50-42-60)78(10,11)12/h27-52H,13-26H2,1-12H3. The van der Waals surface area contributed by atoms with Crippen molar-refractivity contribution in [2.24, 2.45) is 0 Å². The lowest BCUT2D eigenvalue weighted by Crippen LogP contribution is -2.11. The molecule has 0 unspecified atom stereocenters. The number of hydrogen-bond acceptors (Lipinski definition) is 6. The summed E-state index contributed by atoms with van der Waals surface area (Å²) in [6, 6.07) is 57.1. The third kappa shape index (κ3) is 17.4. The Morgan fingerprint density at radius 1 is 0.244 bits per heavy atom. The van der Waals surface area contributed by atoms with Crippen LogP contribution in [0, 0.1) is 0 Å². The fourth-order valence-corrected chi connectivity index (χ4v) is 12.2. The van der Waals surface area contributed by atoms with Gasteiger partial charge in [0.15, 0.2) is 34.9 Å². The third-order valence-electron chi connectivity index (χ3n) is 16.8. The molecule has 6 nitrogen and oxygen atoms in total. The summed E-state index contributed by atoms with van der Waals surface area (Å²) in [5.41, 5.74) is 16.9. The van der Waals surface area contributed by atoms with Gasteiger partial charge in [-0.3, -0.25) is 0 Å². The van der Waals surface area contributed by atoms with Gasteiger partial charge in [0.1, 0.15) is 0 Å². The number of halogens is 2. The van der Waals surface area contributed by atoms with E-state index in [4.69, 9.17) is 29.9 Å². The number of aryl methyl sites for hydroxylation is 4. The molecule has 0 spiro atoms. The zero-order valence-electron chi connectivity index (χ0n) is 53.3. The molecule has 0 aliphatic rings. The van der Waals surface area contributed by atoms with Crippen LogP contribution in [0.1, 0.15) is 192 Å². The first-order valence-corrected chi connectivity index (χ1v) is 33.1. The third-order valence-corrected chi connectivity index (χ3v) is 18.2. The van der Waals surface area contributed by atoms with Crippen molar-refractivity contribution in [3.63, 3.8) is 0 Å². The summed E-state index contributed by atoms with van der Waals surface area (Å²) in [5, 5.41) is 0. The lowest BCUT2D eigenvalue weighted by atomic mass is 9.86. The van der Waals surface area contributed by atoms with Crippen LogP contribution in [0.5, 0.6) is 0 Å². The molecule has 9 rings (SSSR count). The fraction of sp³-hybridized carbons (Fsp3) is 0.385. The molecule has 7 aromatic carbocycles. The predicted molar refractivity (Wildman–Crippen MR) is 370 cm³/mol. The maximum absolute atomic E-state index is 5.04. The number of rotatable bonds is 22. The second-order valence-corrected chi connectivity index (χ2v) is 29.6. The molecule has 9 aromatic rings. The molecular formula is C78H90Br2N6. The highest BCUT2D eigenvalue weighted by Gasteiger charge is 2.21. The Morgan fingerprint density at radius 2 is 0.430 bits per heavy atom. The molecule has 0 saturated carbocycles. The van der Waals surface area contributed by atoms with Crippen molar-refractivity contribution in [2.75, 3.05) is 0 Å². The van der Waals surface area contributed by atoms with E-state index in [9.17, 15) is 0 Å². The van der Waals surface area contributed by atoms with Gasteiger partial charge in [-0.25, -0.2) is 29.9 Å². The molecule has 0 aliphatic heterocycles. The van der Waals surface area contributed by atoms with Crippen molar-refractivity contribution in [2.45, 2.75) is 195 Å². The van der Waals surface area contributed by atoms with Crippen LogP contribution in [0.25, 0.3) is 68.3 Å². The van der Waals surface area contributed by atoms with Gasteiger partial charge >= 0.3 is 0 Å². The van der Waals surface area contributed by atoms with Crippen LogP contribution in [0.3, 0.4) is 0 Å². The van der Waals surface area contributed by atoms with E-state index < -0.39 is 0 Å². The molecule has 446 valence electrons. The predicted octanol–water partition coefficient (Wildman–Crippen LogP) is 22.2. The minimum atomic E-state index is 0.0680. The largest absolute Gasteiger partial charge is 0.208 e. The highest BCUT2D eigenvalue weighted by molar-refractivity contribution is 9.11. The van der Waals surface area contributed by atoms with Gasteiger partial charge in [0.25, 0.3) is 0 Å². The van der Waals surface area contributed by atoms with E-state index in [1.54, 1.807) is 0 Å². The monoisotopic (exact) mass is 1270 g/mol. The van der Waals surface area contributed by atoms with Gasteiger partial charge in [0, 0.05) is 42.3 Å². The Hall–Kier alpha value is -6.48. The lowest BCUT2D eigenvalue weighted by molar-refractivity contribution is 0.590. The van der Waals surface area contributed by atoms with Gasteiger partial charge in [0.2, 0.25) is 0 Å². The minimum absolute atomic E-state index is 0.0680. The van der Waals surface area contributed by atoms with Gasteiger partial charge in [0.05, 0.1) is 0 Å². The second-order valence-electron chi connectivity index (χ2n) is 27.9. The van der Waals surface area contributed by atoms with Crippen LogP contribution in [0.4, 0.5) is 0 Å². The zero-order valence-corrected chi connectivity index (χ0v) is 56.5. The zero-order chi connectivity index (χ0) is 61.2. The Labute approximate surface area is 532 Å². The summed E-state index contributed by atoms with van der Waals surface area (Å²) in [6.45, 7) is 26.9. The van der Waals surface area contributed by atoms with Crippen molar-refractivity contribution in [3.05, 3.63) is 211 Å². The summed E-state index contributed by atoms with van der Waals surface area (Å²) < 4.78 is 2.49. The highest BCUT2D eigenvalue weighted by atomic mass is 79.9. The molecule has 0 radical (unpaired) electrons. The molecule has 0 aliphatic carbocycles. The molecule has 86 heavy (non-hydrogen) atoms. The molecular weight excluding hydrogens is 1180 g/mol.